The van der Waals surface area contributed by atoms with E-state index in [-0.39, 0.29) is 17.8 Å². The maximum atomic E-state index is 13.1. The first kappa shape index (κ1) is 19.7. The van der Waals surface area contributed by atoms with Crippen molar-refractivity contribution < 1.29 is 4.74 Å². The van der Waals surface area contributed by atoms with Gasteiger partial charge in [0.25, 0.3) is 5.56 Å². The molecule has 2 aromatic carbocycles. The molecular formula is C20H20BrClN2O3. The largest absolute Gasteiger partial charge is 0.497 e. The lowest BCUT2D eigenvalue weighted by Gasteiger charge is -2.14. The van der Waals surface area contributed by atoms with Crippen molar-refractivity contribution in [3.05, 3.63) is 73.9 Å². The van der Waals surface area contributed by atoms with Crippen LogP contribution in [-0.4, -0.2) is 21.6 Å². The third-order valence-corrected chi connectivity index (χ3v) is 5.25. The number of ether oxygens (including phenoxy) is 1. The highest BCUT2D eigenvalue weighted by atomic mass is 79.9. The zero-order valence-corrected chi connectivity index (χ0v) is 17.3. The third kappa shape index (κ3) is 4.28. The Kier molecular flexibility index (Phi) is 6.39. The van der Waals surface area contributed by atoms with Crippen molar-refractivity contribution in [1.82, 2.24) is 9.13 Å². The number of hydrogen-bond donors (Lipinski definition) is 0. The van der Waals surface area contributed by atoms with Gasteiger partial charge in [0.05, 0.1) is 24.6 Å². The fraction of sp³-hybridized carbons (Fsp3) is 0.300. The molecule has 3 aromatic rings. The topological polar surface area (TPSA) is 53.2 Å². The molecule has 0 saturated carbocycles. The Morgan fingerprint density at radius 2 is 1.78 bits per heavy atom. The van der Waals surface area contributed by atoms with Gasteiger partial charge in [-0.05, 0) is 48.7 Å². The zero-order chi connectivity index (χ0) is 19.4. The molecule has 0 aliphatic rings. The highest BCUT2D eigenvalue weighted by molar-refractivity contribution is 9.09. The predicted octanol–water partition coefficient (Wildman–Crippen LogP) is 4.05. The van der Waals surface area contributed by atoms with Gasteiger partial charge in [-0.1, -0.05) is 39.7 Å². The van der Waals surface area contributed by atoms with Crippen LogP contribution in [0.2, 0.25) is 5.02 Å². The lowest BCUT2D eigenvalue weighted by Crippen LogP contribution is -2.40. The van der Waals surface area contributed by atoms with Gasteiger partial charge in [-0.15, -0.1) is 0 Å². The van der Waals surface area contributed by atoms with E-state index >= 15 is 0 Å². The molecule has 0 N–H and O–H groups in total. The number of fused-ring (bicyclic) bond motifs is 1. The Bertz CT molecular complexity index is 1060. The molecule has 0 unspecified atom stereocenters. The Morgan fingerprint density at radius 1 is 1.04 bits per heavy atom. The smallest absolute Gasteiger partial charge is 0.331 e. The van der Waals surface area contributed by atoms with E-state index in [1.54, 1.807) is 29.9 Å². The molecule has 7 heteroatoms. The summed E-state index contributed by atoms with van der Waals surface area (Å²) < 4.78 is 8.09. The highest BCUT2D eigenvalue weighted by Crippen LogP contribution is 2.17. The molecule has 0 fully saturated rings. The predicted molar refractivity (Wildman–Crippen MR) is 113 cm³/mol. The quantitative estimate of drug-likeness (QED) is 0.402. The lowest BCUT2D eigenvalue weighted by molar-refractivity contribution is 0.414. The third-order valence-electron chi connectivity index (χ3n) is 4.45. The van der Waals surface area contributed by atoms with Crippen LogP contribution in [-0.2, 0) is 13.1 Å². The summed E-state index contributed by atoms with van der Waals surface area (Å²) in [6.07, 6.45) is 1.76. The standard InChI is InChI=1S/C20H20BrClN2O3/c1-27-16-7-4-14(5-8-16)13-24-19(25)17-9-6-15(22)12-18(17)23(20(24)26)11-3-2-10-21/h4-9,12H,2-3,10-11,13H2,1H3. The minimum Gasteiger partial charge on any atom is -0.497 e. The molecule has 0 aliphatic carbocycles. The van der Waals surface area contributed by atoms with E-state index in [0.29, 0.717) is 22.5 Å². The Hall–Kier alpha value is -2.05. The summed E-state index contributed by atoms with van der Waals surface area (Å²) in [6, 6.07) is 12.4. The molecular weight excluding hydrogens is 432 g/mol. The summed E-state index contributed by atoms with van der Waals surface area (Å²) in [6.45, 7) is 0.739. The van der Waals surface area contributed by atoms with Crippen LogP contribution in [0.1, 0.15) is 18.4 Å². The van der Waals surface area contributed by atoms with E-state index in [9.17, 15) is 9.59 Å². The average molecular weight is 452 g/mol. The van der Waals surface area contributed by atoms with E-state index in [1.165, 1.54) is 4.57 Å². The minimum atomic E-state index is -0.319. The van der Waals surface area contributed by atoms with Gasteiger partial charge in [-0.2, -0.15) is 0 Å². The van der Waals surface area contributed by atoms with Crippen LogP contribution in [0.3, 0.4) is 0 Å². The van der Waals surface area contributed by atoms with Crippen molar-refractivity contribution in [3.8, 4) is 5.75 Å². The van der Waals surface area contributed by atoms with E-state index in [2.05, 4.69) is 15.9 Å². The van der Waals surface area contributed by atoms with Crippen LogP contribution < -0.4 is 16.0 Å². The second-order valence-corrected chi connectivity index (χ2v) is 7.46. The van der Waals surface area contributed by atoms with Crippen molar-refractivity contribution >= 4 is 38.4 Å². The number of rotatable bonds is 7. The number of methoxy groups -OCH3 is 1. The monoisotopic (exact) mass is 450 g/mol. The molecule has 5 nitrogen and oxygen atoms in total. The lowest BCUT2D eigenvalue weighted by atomic mass is 10.2. The summed E-state index contributed by atoms with van der Waals surface area (Å²) in [7, 11) is 1.60. The molecule has 142 valence electrons. The van der Waals surface area contributed by atoms with Crippen molar-refractivity contribution in [2.75, 3.05) is 12.4 Å². The van der Waals surface area contributed by atoms with Gasteiger partial charge in [0, 0.05) is 16.9 Å². The number of alkyl halides is 1. The molecule has 0 spiro atoms. The van der Waals surface area contributed by atoms with Crippen molar-refractivity contribution in [2.45, 2.75) is 25.9 Å². The van der Waals surface area contributed by atoms with Gasteiger partial charge >= 0.3 is 5.69 Å². The van der Waals surface area contributed by atoms with E-state index in [4.69, 9.17) is 16.3 Å². The number of benzene rings is 2. The van der Waals surface area contributed by atoms with Crippen LogP contribution in [0.15, 0.2) is 52.1 Å². The Morgan fingerprint density at radius 3 is 2.44 bits per heavy atom. The first-order valence-electron chi connectivity index (χ1n) is 8.67. The molecule has 1 heterocycles. The molecule has 0 saturated heterocycles. The zero-order valence-electron chi connectivity index (χ0n) is 15.0. The second-order valence-electron chi connectivity index (χ2n) is 6.23. The van der Waals surface area contributed by atoms with Crippen LogP contribution >= 0.6 is 27.5 Å². The number of aromatic nitrogens is 2. The van der Waals surface area contributed by atoms with Crippen LogP contribution in [0, 0.1) is 0 Å². The Labute approximate surface area is 170 Å². The molecule has 0 amide bonds. The van der Waals surface area contributed by atoms with Crippen LogP contribution in [0.5, 0.6) is 5.75 Å². The maximum Gasteiger partial charge on any atom is 0.331 e. The summed E-state index contributed by atoms with van der Waals surface area (Å²) in [4.78, 5) is 26.0. The molecule has 3 rings (SSSR count). The minimum absolute atomic E-state index is 0.207. The fourth-order valence-corrected chi connectivity index (χ4v) is 3.59. The van der Waals surface area contributed by atoms with Gasteiger partial charge in [-0.25, -0.2) is 4.79 Å². The SMILES string of the molecule is COc1ccc(Cn2c(=O)c3ccc(Cl)cc3n(CCCCBr)c2=O)cc1. The van der Waals surface area contributed by atoms with E-state index < -0.39 is 0 Å². The van der Waals surface area contributed by atoms with Crippen LogP contribution in [0.4, 0.5) is 0 Å². The summed E-state index contributed by atoms with van der Waals surface area (Å²) in [5, 5.41) is 1.86. The number of hydrogen-bond acceptors (Lipinski definition) is 3. The maximum absolute atomic E-state index is 13.1. The average Bonchev–Trinajstić information content (AvgIpc) is 2.68. The van der Waals surface area contributed by atoms with Gasteiger partial charge < -0.3 is 4.74 Å². The molecule has 0 radical (unpaired) electrons. The summed E-state index contributed by atoms with van der Waals surface area (Å²) in [5.74, 6) is 0.728. The van der Waals surface area contributed by atoms with Gasteiger partial charge in [-0.3, -0.25) is 13.9 Å². The molecule has 0 aliphatic heterocycles. The van der Waals surface area contributed by atoms with E-state index in [1.807, 2.05) is 24.3 Å². The molecule has 1 aromatic heterocycles. The first-order chi connectivity index (χ1) is 13.0. The number of nitrogens with zero attached hydrogens (tertiary/aromatic N) is 2. The molecule has 27 heavy (non-hydrogen) atoms. The number of aryl methyl sites for hydroxylation is 1. The van der Waals surface area contributed by atoms with E-state index in [0.717, 1.165) is 29.5 Å². The number of unbranched alkanes of at least 4 members (excludes halogenated alkanes) is 1. The summed E-state index contributed by atoms with van der Waals surface area (Å²) in [5.41, 5.74) is 0.813. The van der Waals surface area contributed by atoms with Crippen molar-refractivity contribution in [3.63, 3.8) is 0 Å². The number of halogens is 2. The first-order valence-corrected chi connectivity index (χ1v) is 10.2. The molecule has 0 bridgehead atoms. The van der Waals surface area contributed by atoms with Gasteiger partial charge in [0.15, 0.2) is 0 Å². The second kappa shape index (κ2) is 8.76. The van der Waals surface area contributed by atoms with Gasteiger partial charge in [0.2, 0.25) is 0 Å². The fourth-order valence-electron chi connectivity index (χ4n) is 3.02. The molecule has 0 atom stereocenters. The highest BCUT2D eigenvalue weighted by Gasteiger charge is 2.14. The van der Waals surface area contributed by atoms with Crippen LogP contribution in [0.25, 0.3) is 10.9 Å². The Balaban J connectivity index is 2.12. The van der Waals surface area contributed by atoms with Gasteiger partial charge in [0.1, 0.15) is 5.75 Å². The normalized spacial score (nSPS) is 11.1. The van der Waals surface area contributed by atoms with Crippen molar-refractivity contribution in [2.24, 2.45) is 0 Å². The van der Waals surface area contributed by atoms with Crippen molar-refractivity contribution in [1.29, 1.82) is 0 Å². The summed E-state index contributed by atoms with van der Waals surface area (Å²) >= 11 is 9.52.